The number of fused-ring (bicyclic) bond motifs is 2. The van der Waals surface area contributed by atoms with Gasteiger partial charge in [-0.2, -0.15) is 0 Å². The van der Waals surface area contributed by atoms with Gasteiger partial charge in [0, 0.05) is 29.1 Å². The average molecular weight is 436 g/mol. The van der Waals surface area contributed by atoms with E-state index in [-0.39, 0.29) is 30.8 Å². The molecule has 0 N–H and O–H groups in total. The highest BCUT2D eigenvalue weighted by molar-refractivity contribution is 7.92. The van der Waals surface area contributed by atoms with Crippen molar-refractivity contribution >= 4 is 27.3 Å². The Hall–Kier alpha value is -1.92. The third-order valence-corrected chi connectivity index (χ3v) is 8.68. The maximum atomic E-state index is 14.0. The summed E-state index contributed by atoms with van der Waals surface area (Å²) < 4.78 is 40.0. The molecule has 0 radical (unpaired) electrons. The van der Waals surface area contributed by atoms with Crippen LogP contribution in [-0.2, 0) is 21.1 Å². The van der Waals surface area contributed by atoms with Gasteiger partial charge in [0.1, 0.15) is 5.82 Å². The van der Waals surface area contributed by atoms with Crippen LogP contribution in [0.2, 0.25) is 5.02 Å². The van der Waals surface area contributed by atoms with Crippen LogP contribution >= 0.6 is 11.6 Å². The second-order valence-electron chi connectivity index (χ2n) is 7.84. The third-order valence-electron chi connectivity index (χ3n) is 6.14. The molecule has 2 atom stereocenters. The molecule has 2 aliphatic rings. The van der Waals surface area contributed by atoms with Gasteiger partial charge in [0.15, 0.2) is 9.84 Å². The lowest BCUT2D eigenvalue weighted by Gasteiger charge is -2.38. The third kappa shape index (κ3) is 3.92. The van der Waals surface area contributed by atoms with Crippen molar-refractivity contribution in [2.45, 2.75) is 60.8 Å². The SMILES string of the molecule is O=C(CCc1c(F)cccc1Cl)N1[C@@H]2CC[C@@H]1CC(S(=O)(=O)c1ccccc1)C2. The molecule has 0 spiro atoms. The lowest BCUT2D eigenvalue weighted by atomic mass is 10.0. The van der Waals surface area contributed by atoms with Crippen LogP contribution in [-0.4, -0.2) is 36.6 Å². The van der Waals surface area contributed by atoms with Crippen molar-refractivity contribution in [2.75, 3.05) is 0 Å². The zero-order valence-corrected chi connectivity index (χ0v) is 17.5. The molecule has 4 rings (SSSR count). The van der Waals surface area contributed by atoms with Crippen LogP contribution in [0.1, 0.15) is 37.7 Å². The molecule has 29 heavy (non-hydrogen) atoms. The van der Waals surface area contributed by atoms with E-state index in [1.54, 1.807) is 42.5 Å². The molecule has 2 aromatic rings. The molecule has 0 aliphatic carbocycles. The standard InChI is InChI=1S/C22H23ClFNO3S/c23-20-7-4-8-21(24)19(20)11-12-22(26)25-15-9-10-16(25)14-18(13-15)29(27,28)17-5-2-1-3-6-17/h1-8,15-16,18H,9-14H2/t15-,16-/m1/s1. The zero-order valence-electron chi connectivity index (χ0n) is 15.9. The van der Waals surface area contributed by atoms with E-state index in [0.29, 0.717) is 28.3 Å². The van der Waals surface area contributed by atoms with Gasteiger partial charge < -0.3 is 4.90 Å². The van der Waals surface area contributed by atoms with Crippen molar-refractivity contribution in [3.05, 3.63) is 64.9 Å². The molecule has 2 aliphatic heterocycles. The second-order valence-corrected chi connectivity index (χ2v) is 10.5. The van der Waals surface area contributed by atoms with E-state index in [1.165, 1.54) is 6.07 Å². The summed E-state index contributed by atoms with van der Waals surface area (Å²) in [5.41, 5.74) is 0.358. The van der Waals surface area contributed by atoms with E-state index in [1.807, 2.05) is 4.90 Å². The number of amides is 1. The topological polar surface area (TPSA) is 54.5 Å². The Labute approximate surface area is 175 Å². The normalized spacial score (nSPS) is 23.9. The molecule has 0 unspecified atom stereocenters. The highest BCUT2D eigenvalue weighted by Crippen LogP contribution is 2.40. The molecule has 0 aromatic heterocycles. The number of piperidine rings is 1. The summed E-state index contributed by atoms with van der Waals surface area (Å²) in [5, 5.41) is -0.138. The van der Waals surface area contributed by atoms with Crippen molar-refractivity contribution in [2.24, 2.45) is 0 Å². The van der Waals surface area contributed by atoms with Crippen molar-refractivity contribution in [3.63, 3.8) is 0 Å². The van der Waals surface area contributed by atoms with Crippen molar-refractivity contribution in [1.29, 1.82) is 0 Å². The van der Waals surface area contributed by atoms with Crippen molar-refractivity contribution < 1.29 is 17.6 Å². The lowest BCUT2D eigenvalue weighted by Crippen LogP contribution is -2.49. The molecular formula is C22H23ClFNO3S. The van der Waals surface area contributed by atoms with E-state index in [9.17, 15) is 17.6 Å². The van der Waals surface area contributed by atoms with E-state index in [2.05, 4.69) is 0 Å². The number of hydrogen-bond acceptors (Lipinski definition) is 3. The summed E-state index contributed by atoms with van der Waals surface area (Å²) in [6.45, 7) is 0. The fraction of sp³-hybridized carbons (Fsp3) is 0.409. The summed E-state index contributed by atoms with van der Waals surface area (Å²) in [5.74, 6) is -0.451. The number of nitrogens with zero attached hydrogens (tertiary/aromatic N) is 1. The Morgan fingerprint density at radius 2 is 1.69 bits per heavy atom. The van der Waals surface area contributed by atoms with E-state index >= 15 is 0 Å². The molecule has 1 amide bonds. The van der Waals surface area contributed by atoms with Crippen molar-refractivity contribution in [1.82, 2.24) is 4.90 Å². The predicted molar refractivity (Wildman–Crippen MR) is 110 cm³/mol. The Morgan fingerprint density at radius 1 is 1.03 bits per heavy atom. The minimum Gasteiger partial charge on any atom is -0.337 e. The number of halogens is 2. The molecule has 2 bridgehead atoms. The number of hydrogen-bond donors (Lipinski definition) is 0. The van der Waals surface area contributed by atoms with Crippen LogP contribution in [0.3, 0.4) is 0 Å². The van der Waals surface area contributed by atoms with Crippen LogP contribution in [0.5, 0.6) is 0 Å². The first-order valence-electron chi connectivity index (χ1n) is 9.91. The van der Waals surface area contributed by atoms with Gasteiger partial charge in [-0.3, -0.25) is 4.79 Å². The summed E-state index contributed by atoms with van der Waals surface area (Å²) in [6, 6.07) is 12.9. The number of benzene rings is 2. The number of carbonyl (C=O) groups excluding carboxylic acids is 1. The fourth-order valence-electron chi connectivity index (χ4n) is 4.72. The van der Waals surface area contributed by atoms with Gasteiger partial charge in [0.25, 0.3) is 0 Å². The Bertz CT molecular complexity index is 978. The molecule has 2 fully saturated rings. The molecule has 2 aromatic carbocycles. The van der Waals surface area contributed by atoms with Gasteiger partial charge >= 0.3 is 0 Å². The highest BCUT2D eigenvalue weighted by Gasteiger charge is 2.46. The second kappa shape index (κ2) is 8.07. The van der Waals surface area contributed by atoms with Crippen molar-refractivity contribution in [3.8, 4) is 0 Å². The number of rotatable bonds is 5. The zero-order chi connectivity index (χ0) is 20.6. The van der Waals surface area contributed by atoms with E-state index < -0.39 is 20.9 Å². The van der Waals surface area contributed by atoms with E-state index in [0.717, 1.165) is 12.8 Å². The van der Waals surface area contributed by atoms with Gasteiger partial charge in [-0.05, 0) is 56.4 Å². The molecule has 2 heterocycles. The Morgan fingerprint density at radius 3 is 2.31 bits per heavy atom. The average Bonchev–Trinajstić information content (AvgIpc) is 2.97. The summed E-state index contributed by atoms with van der Waals surface area (Å²) >= 11 is 6.06. The first kappa shape index (κ1) is 20.4. The molecule has 154 valence electrons. The van der Waals surface area contributed by atoms with Crippen LogP contribution < -0.4 is 0 Å². The monoisotopic (exact) mass is 435 g/mol. The molecule has 4 nitrogen and oxygen atoms in total. The molecular weight excluding hydrogens is 413 g/mol. The molecule has 7 heteroatoms. The Balaban J connectivity index is 1.45. The fourth-order valence-corrected chi connectivity index (χ4v) is 6.85. The van der Waals surface area contributed by atoms with Gasteiger partial charge in [0.2, 0.25) is 5.91 Å². The van der Waals surface area contributed by atoms with E-state index in [4.69, 9.17) is 11.6 Å². The molecule has 2 saturated heterocycles. The first-order chi connectivity index (χ1) is 13.9. The maximum Gasteiger partial charge on any atom is 0.223 e. The predicted octanol–water partition coefficient (Wildman–Crippen LogP) is 4.41. The van der Waals surface area contributed by atoms with Gasteiger partial charge in [-0.1, -0.05) is 35.9 Å². The summed E-state index contributed by atoms with van der Waals surface area (Å²) in [7, 11) is -3.41. The minimum atomic E-state index is -3.41. The van der Waals surface area contributed by atoms with Crippen LogP contribution in [0.25, 0.3) is 0 Å². The largest absolute Gasteiger partial charge is 0.337 e. The quantitative estimate of drug-likeness (QED) is 0.699. The van der Waals surface area contributed by atoms with Crippen LogP contribution in [0.4, 0.5) is 4.39 Å². The van der Waals surface area contributed by atoms with Gasteiger partial charge in [0.05, 0.1) is 10.1 Å². The maximum absolute atomic E-state index is 14.0. The van der Waals surface area contributed by atoms with Crippen LogP contribution in [0.15, 0.2) is 53.4 Å². The number of carbonyl (C=O) groups is 1. The summed E-state index contributed by atoms with van der Waals surface area (Å²) in [4.78, 5) is 15.1. The molecule has 0 saturated carbocycles. The van der Waals surface area contributed by atoms with Gasteiger partial charge in [-0.15, -0.1) is 0 Å². The summed E-state index contributed by atoms with van der Waals surface area (Å²) in [6.07, 6.45) is 2.96. The van der Waals surface area contributed by atoms with Crippen LogP contribution in [0, 0.1) is 5.82 Å². The van der Waals surface area contributed by atoms with Gasteiger partial charge in [-0.25, -0.2) is 12.8 Å². The Kier molecular flexibility index (Phi) is 5.67. The first-order valence-corrected chi connectivity index (χ1v) is 11.8. The minimum absolute atomic E-state index is 0.0487. The lowest BCUT2D eigenvalue weighted by molar-refractivity contribution is -0.135. The number of sulfone groups is 1. The highest BCUT2D eigenvalue weighted by atomic mass is 35.5. The smallest absolute Gasteiger partial charge is 0.223 e.